The van der Waals surface area contributed by atoms with Crippen molar-refractivity contribution in [2.75, 3.05) is 0 Å². The molecule has 2 heteroatoms. The van der Waals surface area contributed by atoms with E-state index in [4.69, 9.17) is 11.5 Å². The summed E-state index contributed by atoms with van der Waals surface area (Å²) in [7, 11) is 0. The zero-order valence-corrected chi connectivity index (χ0v) is 14.4. The molecule has 4 N–H and O–H groups in total. The maximum atomic E-state index is 6.48. The first-order chi connectivity index (χ1) is 10.1. The number of hydrogen-bond acceptors (Lipinski definition) is 2. The summed E-state index contributed by atoms with van der Waals surface area (Å²) in [5.41, 5.74) is 12.7. The molecule has 124 valence electrons. The van der Waals surface area contributed by atoms with Crippen LogP contribution in [0.1, 0.15) is 84.5 Å². The van der Waals surface area contributed by atoms with Crippen molar-refractivity contribution < 1.29 is 0 Å². The Balaban J connectivity index is 1.92. The molecule has 0 aromatic heterocycles. The fourth-order valence-corrected chi connectivity index (χ4v) is 5.12. The minimum absolute atomic E-state index is 0.453. The Morgan fingerprint density at radius 2 is 1.52 bits per heavy atom. The van der Waals surface area contributed by atoms with Crippen LogP contribution in [-0.2, 0) is 0 Å². The highest BCUT2D eigenvalue weighted by atomic mass is 14.7. The molecule has 2 aliphatic rings. The van der Waals surface area contributed by atoms with Crippen LogP contribution in [0.25, 0.3) is 0 Å². The second kappa shape index (κ2) is 8.53. The summed E-state index contributed by atoms with van der Waals surface area (Å²) < 4.78 is 0. The Hall–Kier alpha value is -0.0800. The fourth-order valence-electron chi connectivity index (χ4n) is 5.12. The van der Waals surface area contributed by atoms with Crippen LogP contribution in [0.3, 0.4) is 0 Å². The minimum atomic E-state index is 0.453. The van der Waals surface area contributed by atoms with Crippen LogP contribution in [-0.4, -0.2) is 12.1 Å². The first kappa shape index (κ1) is 17.3. The molecular formula is C19H38N2. The summed E-state index contributed by atoms with van der Waals surface area (Å²) >= 11 is 0. The number of nitrogens with two attached hydrogens (primary N) is 2. The van der Waals surface area contributed by atoms with Crippen molar-refractivity contribution in [3.8, 4) is 0 Å². The zero-order chi connectivity index (χ0) is 15.2. The third kappa shape index (κ3) is 4.96. The Morgan fingerprint density at radius 1 is 0.762 bits per heavy atom. The summed E-state index contributed by atoms with van der Waals surface area (Å²) in [5, 5.41) is 0. The van der Waals surface area contributed by atoms with E-state index in [0.29, 0.717) is 12.1 Å². The van der Waals surface area contributed by atoms with Gasteiger partial charge in [0.25, 0.3) is 0 Å². The van der Waals surface area contributed by atoms with E-state index in [0.717, 1.165) is 23.7 Å². The van der Waals surface area contributed by atoms with E-state index in [1.165, 1.54) is 70.6 Å². The Labute approximate surface area is 132 Å². The maximum Gasteiger partial charge on any atom is 0.00674 e. The van der Waals surface area contributed by atoms with Gasteiger partial charge in [0, 0.05) is 12.1 Å². The quantitative estimate of drug-likeness (QED) is 0.759. The number of rotatable bonds is 6. The average molecular weight is 295 g/mol. The molecule has 2 nitrogen and oxygen atoms in total. The van der Waals surface area contributed by atoms with Gasteiger partial charge in [0.2, 0.25) is 0 Å². The van der Waals surface area contributed by atoms with Crippen molar-refractivity contribution in [1.29, 1.82) is 0 Å². The standard InChI is InChI=1S/C19H38N2/c1-3-5-14-7-10-19(21)17(11-14)12-16-13-18(20)9-8-15(16)6-4-2/h14-19H,3-13,20-21H2,1-2H3. The molecule has 0 amide bonds. The molecule has 6 unspecified atom stereocenters. The van der Waals surface area contributed by atoms with Gasteiger partial charge in [-0.05, 0) is 68.6 Å². The molecule has 0 saturated heterocycles. The molecule has 0 bridgehead atoms. The summed E-state index contributed by atoms with van der Waals surface area (Å²) in [5.74, 6) is 3.49. The second-order valence-electron chi connectivity index (χ2n) is 8.01. The Kier molecular flexibility index (Phi) is 7.01. The van der Waals surface area contributed by atoms with Crippen molar-refractivity contribution in [3.63, 3.8) is 0 Å². The molecule has 2 fully saturated rings. The van der Waals surface area contributed by atoms with Crippen LogP contribution in [0.5, 0.6) is 0 Å². The van der Waals surface area contributed by atoms with Gasteiger partial charge < -0.3 is 11.5 Å². The van der Waals surface area contributed by atoms with Gasteiger partial charge in [0.05, 0.1) is 0 Å². The van der Waals surface area contributed by atoms with Gasteiger partial charge in [-0.2, -0.15) is 0 Å². The minimum Gasteiger partial charge on any atom is -0.328 e. The van der Waals surface area contributed by atoms with Gasteiger partial charge in [-0.1, -0.05) is 39.5 Å². The highest BCUT2D eigenvalue weighted by molar-refractivity contribution is 4.88. The topological polar surface area (TPSA) is 52.0 Å². The highest BCUT2D eigenvalue weighted by Gasteiger charge is 2.34. The molecule has 0 aliphatic heterocycles. The molecule has 0 radical (unpaired) electrons. The Morgan fingerprint density at radius 3 is 2.24 bits per heavy atom. The lowest BCUT2D eigenvalue weighted by molar-refractivity contribution is 0.127. The Bertz CT molecular complexity index is 291. The highest BCUT2D eigenvalue weighted by Crippen LogP contribution is 2.41. The van der Waals surface area contributed by atoms with E-state index in [9.17, 15) is 0 Å². The van der Waals surface area contributed by atoms with E-state index in [1.54, 1.807) is 0 Å². The zero-order valence-electron chi connectivity index (χ0n) is 14.4. The predicted octanol–water partition coefficient (Wildman–Crippen LogP) is 4.46. The summed E-state index contributed by atoms with van der Waals surface area (Å²) in [6.45, 7) is 4.65. The van der Waals surface area contributed by atoms with Gasteiger partial charge in [0.1, 0.15) is 0 Å². The van der Waals surface area contributed by atoms with E-state index in [2.05, 4.69) is 13.8 Å². The molecule has 0 spiro atoms. The SMILES string of the molecule is CCCC1CCC(N)C(CC2CC(N)CCC2CCC)C1. The second-order valence-corrected chi connectivity index (χ2v) is 8.01. The summed E-state index contributed by atoms with van der Waals surface area (Å²) in [4.78, 5) is 0. The summed E-state index contributed by atoms with van der Waals surface area (Å²) in [6.07, 6.45) is 14.7. The molecule has 2 aliphatic carbocycles. The van der Waals surface area contributed by atoms with Gasteiger partial charge in [-0.15, -0.1) is 0 Å². The smallest absolute Gasteiger partial charge is 0.00674 e. The van der Waals surface area contributed by atoms with Gasteiger partial charge >= 0.3 is 0 Å². The third-order valence-electron chi connectivity index (χ3n) is 6.29. The van der Waals surface area contributed by atoms with Gasteiger partial charge in [0.15, 0.2) is 0 Å². The molecule has 6 atom stereocenters. The summed E-state index contributed by atoms with van der Waals surface area (Å²) in [6, 6.07) is 0.910. The molecule has 0 aromatic rings. The molecule has 2 rings (SSSR count). The van der Waals surface area contributed by atoms with E-state index in [-0.39, 0.29) is 0 Å². The van der Waals surface area contributed by atoms with Crippen molar-refractivity contribution in [2.24, 2.45) is 35.1 Å². The van der Waals surface area contributed by atoms with E-state index >= 15 is 0 Å². The van der Waals surface area contributed by atoms with Crippen LogP contribution in [0.4, 0.5) is 0 Å². The van der Waals surface area contributed by atoms with E-state index in [1.807, 2.05) is 0 Å². The average Bonchev–Trinajstić information content (AvgIpc) is 2.46. The third-order valence-corrected chi connectivity index (χ3v) is 6.29. The fraction of sp³-hybridized carbons (Fsp3) is 1.00. The maximum absolute atomic E-state index is 6.48. The normalized spacial score (nSPS) is 41.1. The van der Waals surface area contributed by atoms with Crippen LogP contribution in [0.2, 0.25) is 0 Å². The van der Waals surface area contributed by atoms with Gasteiger partial charge in [-0.3, -0.25) is 0 Å². The molecule has 21 heavy (non-hydrogen) atoms. The van der Waals surface area contributed by atoms with Crippen LogP contribution in [0.15, 0.2) is 0 Å². The van der Waals surface area contributed by atoms with Crippen molar-refractivity contribution in [3.05, 3.63) is 0 Å². The largest absolute Gasteiger partial charge is 0.328 e. The van der Waals surface area contributed by atoms with Crippen molar-refractivity contribution in [1.82, 2.24) is 0 Å². The van der Waals surface area contributed by atoms with Crippen LogP contribution >= 0.6 is 0 Å². The first-order valence-electron chi connectivity index (χ1n) is 9.65. The first-order valence-corrected chi connectivity index (χ1v) is 9.65. The van der Waals surface area contributed by atoms with Crippen molar-refractivity contribution in [2.45, 2.75) is 96.6 Å². The van der Waals surface area contributed by atoms with E-state index < -0.39 is 0 Å². The van der Waals surface area contributed by atoms with Crippen LogP contribution in [0, 0.1) is 23.7 Å². The van der Waals surface area contributed by atoms with Crippen LogP contribution < -0.4 is 11.5 Å². The lowest BCUT2D eigenvalue weighted by Crippen LogP contribution is -2.40. The van der Waals surface area contributed by atoms with Crippen molar-refractivity contribution >= 4 is 0 Å². The molecule has 0 aromatic carbocycles. The molecule has 2 saturated carbocycles. The lowest BCUT2D eigenvalue weighted by Gasteiger charge is -2.41. The number of hydrogen-bond donors (Lipinski definition) is 2. The monoisotopic (exact) mass is 294 g/mol. The molecular weight excluding hydrogens is 256 g/mol. The van der Waals surface area contributed by atoms with Gasteiger partial charge in [-0.25, -0.2) is 0 Å². The molecule has 0 heterocycles. The predicted molar refractivity (Wildman–Crippen MR) is 92.0 cm³/mol. The lowest BCUT2D eigenvalue weighted by atomic mass is 9.67.